The van der Waals surface area contributed by atoms with Crippen molar-refractivity contribution < 1.29 is 0 Å². The maximum absolute atomic E-state index is 4.04. The summed E-state index contributed by atoms with van der Waals surface area (Å²) in [4.78, 5) is 2.65. The summed E-state index contributed by atoms with van der Waals surface area (Å²) in [5.74, 6) is 0. The SMILES string of the molecule is C1=NSC2=CSSC2=C1. The summed E-state index contributed by atoms with van der Waals surface area (Å²) in [6.07, 6.45) is 3.89. The van der Waals surface area contributed by atoms with Gasteiger partial charge in [-0.2, -0.15) is 0 Å². The topological polar surface area (TPSA) is 12.4 Å². The number of hydrogen-bond donors (Lipinski definition) is 0. The number of rotatable bonds is 0. The van der Waals surface area contributed by atoms with E-state index in [1.54, 1.807) is 33.5 Å². The Morgan fingerprint density at radius 3 is 3.22 bits per heavy atom. The second-order valence-electron chi connectivity index (χ2n) is 1.54. The molecule has 0 spiro atoms. The van der Waals surface area contributed by atoms with Crippen LogP contribution in [0.5, 0.6) is 0 Å². The monoisotopic (exact) mass is 173 g/mol. The molecule has 2 aliphatic heterocycles. The van der Waals surface area contributed by atoms with Crippen LogP contribution in [0.2, 0.25) is 0 Å². The summed E-state index contributed by atoms with van der Waals surface area (Å²) in [6.45, 7) is 0. The standard InChI is InChI=1S/C5H3NS3/c1-2-6-8-5-3-7-9-4(1)5/h1-3H. The van der Waals surface area contributed by atoms with Crippen LogP contribution < -0.4 is 0 Å². The summed E-state index contributed by atoms with van der Waals surface area (Å²) in [5, 5.41) is 2.14. The van der Waals surface area contributed by atoms with E-state index < -0.39 is 0 Å². The molecule has 0 aliphatic carbocycles. The molecule has 0 aromatic rings. The first-order valence-corrected chi connectivity index (χ1v) is 5.40. The number of allylic oxidation sites excluding steroid dienone is 1. The molecule has 0 aromatic carbocycles. The van der Waals surface area contributed by atoms with Gasteiger partial charge in [0.25, 0.3) is 0 Å². The minimum Gasteiger partial charge on any atom is -0.219 e. The molecule has 0 saturated heterocycles. The molecule has 0 radical (unpaired) electrons. The van der Waals surface area contributed by atoms with Gasteiger partial charge in [0.1, 0.15) is 0 Å². The Bertz CT molecular complexity index is 216. The van der Waals surface area contributed by atoms with Gasteiger partial charge in [-0.1, -0.05) is 21.6 Å². The molecule has 2 aliphatic rings. The van der Waals surface area contributed by atoms with Crippen LogP contribution in [-0.4, -0.2) is 6.21 Å². The molecule has 0 N–H and O–H groups in total. The van der Waals surface area contributed by atoms with Gasteiger partial charge in [0.15, 0.2) is 0 Å². The zero-order chi connectivity index (χ0) is 6.10. The zero-order valence-electron chi connectivity index (χ0n) is 4.40. The molecule has 0 unspecified atom stereocenters. The minimum absolute atomic E-state index is 1.30. The van der Waals surface area contributed by atoms with Crippen molar-refractivity contribution in [3.05, 3.63) is 21.3 Å². The van der Waals surface area contributed by atoms with Crippen molar-refractivity contribution in [3.63, 3.8) is 0 Å². The van der Waals surface area contributed by atoms with Gasteiger partial charge in [-0.05, 0) is 11.5 Å². The first kappa shape index (κ1) is 5.95. The molecule has 0 atom stereocenters. The highest BCUT2D eigenvalue weighted by atomic mass is 33.1. The van der Waals surface area contributed by atoms with Crippen LogP contribution in [0.4, 0.5) is 0 Å². The largest absolute Gasteiger partial charge is 0.219 e. The molecule has 2 heterocycles. The average Bonchev–Trinajstić information content (AvgIpc) is 2.33. The Morgan fingerprint density at radius 1 is 1.33 bits per heavy atom. The van der Waals surface area contributed by atoms with Crippen molar-refractivity contribution in [2.75, 3.05) is 0 Å². The van der Waals surface area contributed by atoms with Crippen LogP contribution in [-0.2, 0) is 0 Å². The van der Waals surface area contributed by atoms with E-state index in [1.165, 1.54) is 9.81 Å². The summed E-state index contributed by atoms with van der Waals surface area (Å²) < 4.78 is 4.04. The molecule has 9 heavy (non-hydrogen) atoms. The highest BCUT2D eigenvalue weighted by Gasteiger charge is 2.14. The lowest BCUT2D eigenvalue weighted by atomic mass is 10.5. The summed E-state index contributed by atoms with van der Waals surface area (Å²) in [6, 6.07) is 0. The molecular weight excluding hydrogens is 170 g/mol. The van der Waals surface area contributed by atoms with Gasteiger partial charge in [-0.15, -0.1) is 0 Å². The molecule has 0 saturated carbocycles. The number of hydrogen-bond acceptors (Lipinski definition) is 4. The van der Waals surface area contributed by atoms with Gasteiger partial charge >= 0.3 is 0 Å². The minimum atomic E-state index is 1.30. The van der Waals surface area contributed by atoms with Gasteiger partial charge < -0.3 is 0 Å². The zero-order valence-corrected chi connectivity index (χ0v) is 6.85. The van der Waals surface area contributed by atoms with E-state index >= 15 is 0 Å². The fourth-order valence-electron chi connectivity index (χ4n) is 0.580. The van der Waals surface area contributed by atoms with Crippen LogP contribution in [0, 0.1) is 0 Å². The van der Waals surface area contributed by atoms with E-state index in [9.17, 15) is 0 Å². The molecule has 0 aromatic heterocycles. The fraction of sp³-hybridized carbons (Fsp3) is 0. The Morgan fingerprint density at radius 2 is 2.33 bits per heavy atom. The predicted octanol–water partition coefficient (Wildman–Crippen LogP) is 2.84. The third kappa shape index (κ3) is 1.07. The molecule has 2 rings (SSSR count). The lowest BCUT2D eigenvalue weighted by Crippen LogP contribution is -1.79. The van der Waals surface area contributed by atoms with E-state index in [2.05, 4.69) is 9.81 Å². The van der Waals surface area contributed by atoms with Crippen molar-refractivity contribution >= 4 is 39.8 Å². The van der Waals surface area contributed by atoms with Crippen LogP contribution in [0.15, 0.2) is 25.7 Å². The molecule has 46 valence electrons. The molecule has 1 nitrogen and oxygen atoms in total. The number of fused-ring (bicyclic) bond motifs is 1. The van der Waals surface area contributed by atoms with E-state index in [4.69, 9.17) is 0 Å². The predicted molar refractivity (Wildman–Crippen MR) is 47.4 cm³/mol. The van der Waals surface area contributed by atoms with E-state index in [-0.39, 0.29) is 0 Å². The van der Waals surface area contributed by atoms with Crippen molar-refractivity contribution in [1.29, 1.82) is 0 Å². The second kappa shape index (κ2) is 2.44. The van der Waals surface area contributed by atoms with E-state index in [0.717, 1.165) is 0 Å². The Hall–Kier alpha value is 0.200. The van der Waals surface area contributed by atoms with Gasteiger partial charge in [0.05, 0.1) is 4.91 Å². The number of nitrogens with zero attached hydrogens (tertiary/aromatic N) is 1. The highest BCUT2D eigenvalue weighted by molar-refractivity contribution is 8.80. The van der Waals surface area contributed by atoms with Crippen LogP contribution in [0.25, 0.3) is 0 Å². The van der Waals surface area contributed by atoms with Crippen molar-refractivity contribution in [2.45, 2.75) is 0 Å². The first-order valence-electron chi connectivity index (χ1n) is 2.41. The average molecular weight is 173 g/mol. The molecule has 0 bridgehead atoms. The first-order chi connectivity index (χ1) is 4.47. The lowest BCUT2D eigenvalue weighted by Gasteiger charge is -2.00. The molecule has 0 fully saturated rings. The maximum Gasteiger partial charge on any atom is 0.0522 e. The molecule has 0 amide bonds. The maximum atomic E-state index is 4.04. The smallest absolute Gasteiger partial charge is 0.0522 e. The van der Waals surface area contributed by atoms with Crippen molar-refractivity contribution in [2.24, 2.45) is 4.40 Å². The Kier molecular flexibility index (Phi) is 1.61. The summed E-state index contributed by atoms with van der Waals surface area (Å²) >= 11 is 1.55. The summed E-state index contributed by atoms with van der Waals surface area (Å²) in [5.41, 5.74) is 0. The van der Waals surface area contributed by atoms with Gasteiger partial charge in [-0.25, -0.2) is 4.40 Å². The van der Waals surface area contributed by atoms with Crippen LogP contribution in [0.1, 0.15) is 0 Å². The van der Waals surface area contributed by atoms with E-state index in [1.807, 2.05) is 12.3 Å². The molecular formula is C5H3NS3. The quantitative estimate of drug-likeness (QED) is 0.413. The van der Waals surface area contributed by atoms with Gasteiger partial charge in [0, 0.05) is 23.1 Å². The van der Waals surface area contributed by atoms with E-state index in [0.29, 0.717) is 0 Å². The normalized spacial score (nSPS) is 23.1. The fourth-order valence-corrected chi connectivity index (χ4v) is 3.75. The van der Waals surface area contributed by atoms with Crippen LogP contribution in [0.3, 0.4) is 0 Å². The highest BCUT2D eigenvalue weighted by Crippen LogP contribution is 2.49. The lowest BCUT2D eigenvalue weighted by molar-refractivity contribution is 1.83. The van der Waals surface area contributed by atoms with Crippen LogP contribution >= 0.6 is 33.5 Å². The Balaban J connectivity index is 2.37. The Labute approximate surface area is 65.6 Å². The van der Waals surface area contributed by atoms with Crippen molar-refractivity contribution in [3.8, 4) is 0 Å². The van der Waals surface area contributed by atoms with Gasteiger partial charge in [-0.3, -0.25) is 0 Å². The molecule has 4 heteroatoms. The van der Waals surface area contributed by atoms with Crippen molar-refractivity contribution in [1.82, 2.24) is 0 Å². The second-order valence-corrected chi connectivity index (χ2v) is 4.48. The third-order valence-electron chi connectivity index (χ3n) is 0.974. The van der Waals surface area contributed by atoms with Gasteiger partial charge in [0.2, 0.25) is 0 Å². The summed E-state index contributed by atoms with van der Waals surface area (Å²) in [7, 11) is 3.56. The third-order valence-corrected chi connectivity index (χ3v) is 4.09.